The molecular formula is C9H19IO. The molecule has 0 aromatic heterocycles. The highest BCUT2D eigenvalue weighted by Gasteiger charge is 2.21. The lowest BCUT2D eigenvalue weighted by molar-refractivity contribution is -0.0652. The molecule has 0 bridgehead atoms. The molecule has 0 spiro atoms. The molecule has 0 saturated carbocycles. The van der Waals surface area contributed by atoms with Crippen molar-refractivity contribution in [2.75, 3.05) is 4.43 Å². The Morgan fingerprint density at radius 1 is 1.27 bits per heavy atom. The summed E-state index contributed by atoms with van der Waals surface area (Å²) in [6.45, 7) is 10.8. The molecule has 1 nitrogen and oxygen atoms in total. The standard InChI is InChI=1S/C9H19IO/c1-7(2)8(3)11-9(4,5)6-10/h7-8H,6H2,1-5H3. The Hall–Kier alpha value is 0.690. The van der Waals surface area contributed by atoms with Crippen molar-refractivity contribution in [3.05, 3.63) is 0 Å². The molecule has 0 aliphatic heterocycles. The van der Waals surface area contributed by atoms with Crippen LogP contribution in [0.2, 0.25) is 0 Å². The molecule has 2 heteroatoms. The number of alkyl halides is 1. The first kappa shape index (κ1) is 11.7. The maximum atomic E-state index is 5.84. The molecule has 0 N–H and O–H groups in total. The molecule has 0 heterocycles. The van der Waals surface area contributed by atoms with E-state index < -0.39 is 0 Å². The van der Waals surface area contributed by atoms with Crippen LogP contribution in [0.4, 0.5) is 0 Å². The lowest BCUT2D eigenvalue weighted by Gasteiger charge is -2.29. The number of hydrogen-bond donors (Lipinski definition) is 0. The van der Waals surface area contributed by atoms with Crippen molar-refractivity contribution < 1.29 is 4.74 Å². The largest absolute Gasteiger partial charge is 0.372 e. The minimum Gasteiger partial charge on any atom is -0.372 e. The van der Waals surface area contributed by atoms with Crippen molar-refractivity contribution in [1.82, 2.24) is 0 Å². The molecule has 0 aromatic rings. The maximum Gasteiger partial charge on any atom is 0.0719 e. The molecule has 0 fully saturated rings. The van der Waals surface area contributed by atoms with Crippen LogP contribution in [0.5, 0.6) is 0 Å². The first-order chi connectivity index (χ1) is 4.89. The van der Waals surface area contributed by atoms with Gasteiger partial charge in [0.25, 0.3) is 0 Å². The van der Waals surface area contributed by atoms with Gasteiger partial charge in [-0.05, 0) is 26.7 Å². The van der Waals surface area contributed by atoms with Crippen molar-refractivity contribution in [2.24, 2.45) is 5.92 Å². The van der Waals surface area contributed by atoms with Crippen LogP contribution in [0.1, 0.15) is 34.6 Å². The van der Waals surface area contributed by atoms with Crippen molar-refractivity contribution in [3.63, 3.8) is 0 Å². The van der Waals surface area contributed by atoms with Crippen LogP contribution in [0.25, 0.3) is 0 Å². The summed E-state index contributed by atoms with van der Waals surface area (Å²) in [4.78, 5) is 0. The number of halogens is 1. The number of ether oxygens (including phenoxy) is 1. The van der Waals surface area contributed by atoms with E-state index in [9.17, 15) is 0 Å². The Morgan fingerprint density at radius 3 is 2.00 bits per heavy atom. The molecule has 0 aliphatic carbocycles. The Kier molecular flexibility index (Phi) is 4.94. The molecule has 1 unspecified atom stereocenters. The van der Waals surface area contributed by atoms with Gasteiger partial charge >= 0.3 is 0 Å². The molecular weight excluding hydrogens is 251 g/mol. The van der Waals surface area contributed by atoms with Crippen LogP contribution in [-0.4, -0.2) is 16.1 Å². The van der Waals surface area contributed by atoms with Crippen molar-refractivity contribution >= 4 is 22.6 Å². The summed E-state index contributed by atoms with van der Waals surface area (Å²) in [5.41, 5.74) is 0.0320. The maximum absolute atomic E-state index is 5.84. The van der Waals surface area contributed by atoms with E-state index in [4.69, 9.17) is 4.74 Å². The summed E-state index contributed by atoms with van der Waals surface area (Å²) < 4.78 is 6.88. The van der Waals surface area contributed by atoms with Crippen LogP contribution >= 0.6 is 22.6 Å². The van der Waals surface area contributed by atoms with Crippen LogP contribution in [0.15, 0.2) is 0 Å². The fraction of sp³-hybridized carbons (Fsp3) is 1.00. The SMILES string of the molecule is CC(C)C(C)OC(C)(C)CI. The Labute approximate surface area is 84.0 Å². The third kappa shape index (κ3) is 5.01. The topological polar surface area (TPSA) is 9.23 Å². The fourth-order valence-electron chi connectivity index (χ4n) is 0.671. The van der Waals surface area contributed by atoms with Crippen LogP contribution in [0.3, 0.4) is 0 Å². The van der Waals surface area contributed by atoms with Gasteiger partial charge in [0.05, 0.1) is 11.7 Å². The third-order valence-corrected chi connectivity index (χ3v) is 3.60. The second kappa shape index (κ2) is 4.65. The monoisotopic (exact) mass is 270 g/mol. The molecule has 0 aliphatic rings. The average molecular weight is 270 g/mol. The van der Waals surface area contributed by atoms with Crippen molar-refractivity contribution in [3.8, 4) is 0 Å². The zero-order chi connectivity index (χ0) is 9.07. The highest BCUT2D eigenvalue weighted by molar-refractivity contribution is 14.1. The molecule has 0 saturated heterocycles. The van der Waals surface area contributed by atoms with E-state index >= 15 is 0 Å². The summed E-state index contributed by atoms with van der Waals surface area (Å²) in [6.07, 6.45) is 0.361. The van der Waals surface area contributed by atoms with Gasteiger partial charge in [0.1, 0.15) is 0 Å². The quantitative estimate of drug-likeness (QED) is 0.562. The van der Waals surface area contributed by atoms with Crippen molar-refractivity contribution in [1.29, 1.82) is 0 Å². The summed E-state index contributed by atoms with van der Waals surface area (Å²) in [7, 11) is 0. The molecule has 0 amide bonds. The zero-order valence-corrected chi connectivity index (χ0v) is 10.3. The normalized spacial score (nSPS) is 15.5. The Bertz CT molecular complexity index is 110. The Morgan fingerprint density at radius 2 is 1.73 bits per heavy atom. The van der Waals surface area contributed by atoms with Gasteiger partial charge in [-0.1, -0.05) is 36.4 Å². The molecule has 0 rings (SSSR count). The van der Waals surface area contributed by atoms with Crippen LogP contribution in [0, 0.1) is 5.92 Å². The Balaban J connectivity index is 3.83. The van der Waals surface area contributed by atoms with Gasteiger partial charge in [-0.15, -0.1) is 0 Å². The lowest BCUT2D eigenvalue weighted by Crippen LogP contribution is -2.33. The molecule has 68 valence electrons. The fourth-order valence-corrected chi connectivity index (χ4v) is 0.851. The van der Waals surface area contributed by atoms with Gasteiger partial charge < -0.3 is 4.74 Å². The predicted molar refractivity (Wildman–Crippen MR) is 58.4 cm³/mol. The minimum atomic E-state index is 0.0320. The highest BCUT2D eigenvalue weighted by Crippen LogP contribution is 2.18. The zero-order valence-electron chi connectivity index (χ0n) is 8.15. The summed E-state index contributed by atoms with van der Waals surface area (Å²) in [5, 5.41) is 0. The summed E-state index contributed by atoms with van der Waals surface area (Å²) in [5.74, 6) is 0.609. The van der Waals surface area contributed by atoms with Crippen molar-refractivity contribution in [2.45, 2.75) is 46.3 Å². The van der Waals surface area contributed by atoms with E-state index in [1.54, 1.807) is 0 Å². The average Bonchev–Trinajstić information content (AvgIpc) is 1.87. The first-order valence-electron chi connectivity index (χ1n) is 4.13. The molecule has 0 radical (unpaired) electrons. The van der Waals surface area contributed by atoms with E-state index in [1.807, 2.05) is 0 Å². The van der Waals surface area contributed by atoms with Gasteiger partial charge in [-0.3, -0.25) is 0 Å². The minimum absolute atomic E-state index is 0.0320. The predicted octanol–water partition coefficient (Wildman–Crippen LogP) is 3.26. The highest BCUT2D eigenvalue weighted by atomic mass is 127. The smallest absolute Gasteiger partial charge is 0.0719 e. The van der Waals surface area contributed by atoms with Gasteiger partial charge in [0, 0.05) is 4.43 Å². The summed E-state index contributed by atoms with van der Waals surface area (Å²) >= 11 is 2.36. The number of rotatable bonds is 4. The van der Waals surface area contributed by atoms with Crippen LogP contribution < -0.4 is 0 Å². The van der Waals surface area contributed by atoms with E-state index in [1.165, 1.54) is 0 Å². The van der Waals surface area contributed by atoms with Crippen LogP contribution in [-0.2, 0) is 4.74 Å². The summed E-state index contributed by atoms with van der Waals surface area (Å²) in [6, 6.07) is 0. The van der Waals surface area contributed by atoms with Gasteiger partial charge in [0.15, 0.2) is 0 Å². The van der Waals surface area contributed by atoms with E-state index in [0.29, 0.717) is 12.0 Å². The molecule has 0 aromatic carbocycles. The second-order valence-corrected chi connectivity index (χ2v) is 4.72. The number of hydrogen-bond acceptors (Lipinski definition) is 1. The van der Waals surface area contributed by atoms with E-state index in [0.717, 1.165) is 4.43 Å². The first-order valence-corrected chi connectivity index (χ1v) is 5.65. The van der Waals surface area contributed by atoms with Gasteiger partial charge in [-0.25, -0.2) is 0 Å². The van der Waals surface area contributed by atoms with E-state index in [2.05, 4.69) is 57.2 Å². The van der Waals surface area contributed by atoms with E-state index in [-0.39, 0.29) is 5.60 Å². The third-order valence-electron chi connectivity index (χ3n) is 1.77. The lowest BCUT2D eigenvalue weighted by atomic mass is 10.1. The molecule has 11 heavy (non-hydrogen) atoms. The second-order valence-electron chi connectivity index (χ2n) is 3.96. The van der Waals surface area contributed by atoms with Gasteiger partial charge in [0.2, 0.25) is 0 Å². The molecule has 1 atom stereocenters. The van der Waals surface area contributed by atoms with Gasteiger partial charge in [-0.2, -0.15) is 0 Å².